The molecule has 0 spiro atoms. The fraction of sp³-hybridized carbons (Fsp3) is 0.364. The van der Waals surface area contributed by atoms with Gasteiger partial charge in [-0.3, -0.25) is 14.5 Å². The fourth-order valence-electron chi connectivity index (χ4n) is 2.99. The second-order valence-corrected chi connectivity index (χ2v) is 7.52. The summed E-state index contributed by atoms with van der Waals surface area (Å²) in [5.41, 5.74) is 3.63. The maximum absolute atomic E-state index is 12.5. The van der Waals surface area contributed by atoms with Crippen LogP contribution in [0.4, 0.5) is 5.69 Å². The number of aryl methyl sites for hydroxylation is 2. The van der Waals surface area contributed by atoms with E-state index in [2.05, 4.69) is 10.6 Å². The average Bonchev–Trinajstić information content (AvgIpc) is 2.68. The zero-order valence-corrected chi connectivity index (χ0v) is 18.3. The molecule has 1 atom stereocenters. The lowest BCUT2D eigenvalue weighted by atomic mass is 10.1. The van der Waals surface area contributed by atoms with Gasteiger partial charge in [0.1, 0.15) is 5.75 Å². The molecule has 0 aromatic heterocycles. The molecule has 156 valence electrons. The van der Waals surface area contributed by atoms with Crippen molar-refractivity contribution in [1.29, 1.82) is 0 Å². The first-order chi connectivity index (χ1) is 13.7. The topological polar surface area (TPSA) is 70.7 Å². The van der Waals surface area contributed by atoms with Gasteiger partial charge in [-0.1, -0.05) is 29.8 Å². The van der Waals surface area contributed by atoms with Crippen LogP contribution in [0, 0.1) is 13.8 Å². The standard InChI is InChI=1S/C22H28ClN3O3/c1-14-7-6-8-15(2)21(14)25-20(27)12-24-22(28)16(3)26(4)13-17-11-18(23)9-10-19(17)29-5/h6-11,16H,12-13H2,1-5H3,(H,24,28)(H,25,27)/t16-/m1/s1. The predicted molar refractivity (Wildman–Crippen MR) is 116 cm³/mol. The van der Waals surface area contributed by atoms with Crippen molar-refractivity contribution < 1.29 is 14.3 Å². The molecular formula is C22H28ClN3O3. The van der Waals surface area contributed by atoms with Gasteiger partial charge in [0.25, 0.3) is 0 Å². The monoisotopic (exact) mass is 417 g/mol. The molecule has 0 heterocycles. The Labute approximate surface area is 177 Å². The first-order valence-electron chi connectivity index (χ1n) is 9.39. The molecule has 0 radical (unpaired) electrons. The molecule has 0 unspecified atom stereocenters. The summed E-state index contributed by atoms with van der Waals surface area (Å²) in [6.07, 6.45) is 0. The fourth-order valence-corrected chi connectivity index (χ4v) is 3.18. The third-order valence-electron chi connectivity index (χ3n) is 4.87. The molecule has 0 bridgehead atoms. The van der Waals surface area contributed by atoms with Crippen LogP contribution in [0.5, 0.6) is 5.75 Å². The van der Waals surface area contributed by atoms with E-state index in [4.69, 9.17) is 16.3 Å². The summed E-state index contributed by atoms with van der Waals surface area (Å²) in [5, 5.41) is 6.17. The van der Waals surface area contributed by atoms with Crippen molar-refractivity contribution >= 4 is 29.1 Å². The van der Waals surface area contributed by atoms with Gasteiger partial charge in [-0.2, -0.15) is 0 Å². The predicted octanol–water partition coefficient (Wildman–Crippen LogP) is 3.54. The van der Waals surface area contributed by atoms with Gasteiger partial charge in [0.15, 0.2) is 0 Å². The Kier molecular flexibility index (Phi) is 8.05. The molecule has 2 rings (SSSR count). The van der Waals surface area contributed by atoms with Crippen molar-refractivity contribution in [1.82, 2.24) is 10.2 Å². The summed E-state index contributed by atoms with van der Waals surface area (Å²) >= 11 is 6.07. The molecule has 2 aromatic carbocycles. The Morgan fingerprint density at radius 2 is 1.83 bits per heavy atom. The van der Waals surface area contributed by atoms with Gasteiger partial charge in [-0.25, -0.2) is 0 Å². The van der Waals surface area contributed by atoms with Crippen LogP contribution in [0.15, 0.2) is 36.4 Å². The lowest BCUT2D eigenvalue weighted by molar-refractivity contribution is -0.127. The van der Waals surface area contributed by atoms with Crippen molar-refractivity contribution in [2.24, 2.45) is 0 Å². The number of anilines is 1. The van der Waals surface area contributed by atoms with Crippen LogP contribution in [-0.4, -0.2) is 43.5 Å². The summed E-state index contributed by atoms with van der Waals surface area (Å²) < 4.78 is 5.36. The van der Waals surface area contributed by atoms with Gasteiger partial charge in [0.2, 0.25) is 11.8 Å². The molecule has 2 N–H and O–H groups in total. The molecule has 0 aliphatic heterocycles. The zero-order chi connectivity index (χ0) is 21.6. The highest BCUT2D eigenvalue weighted by Gasteiger charge is 2.20. The van der Waals surface area contributed by atoms with Gasteiger partial charge in [-0.15, -0.1) is 0 Å². The van der Waals surface area contributed by atoms with Gasteiger partial charge >= 0.3 is 0 Å². The minimum absolute atomic E-state index is 0.0920. The lowest BCUT2D eigenvalue weighted by Gasteiger charge is -2.24. The number of ether oxygens (including phenoxy) is 1. The van der Waals surface area contributed by atoms with Crippen molar-refractivity contribution in [3.8, 4) is 5.75 Å². The quantitative estimate of drug-likeness (QED) is 0.689. The number of hydrogen-bond donors (Lipinski definition) is 2. The minimum Gasteiger partial charge on any atom is -0.496 e. The van der Waals surface area contributed by atoms with Crippen molar-refractivity contribution in [2.45, 2.75) is 33.4 Å². The van der Waals surface area contributed by atoms with E-state index in [1.54, 1.807) is 26.2 Å². The van der Waals surface area contributed by atoms with Gasteiger partial charge in [-0.05, 0) is 57.1 Å². The number of para-hydroxylation sites is 1. The van der Waals surface area contributed by atoms with E-state index in [1.165, 1.54) is 0 Å². The minimum atomic E-state index is -0.438. The second-order valence-electron chi connectivity index (χ2n) is 7.08. The number of carbonyl (C=O) groups excluding carboxylic acids is 2. The van der Waals surface area contributed by atoms with Crippen molar-refractivity contribution in [3.63, 3.8) is 0 Å². The number of amides is 2. The highest BCUT2D eigenvalue weighted by molar-refractivity contribution is 6.30. The van der Waals surface area contributed by atoms with E-state index < -0.39 is 6.04 Å². The molecule has 0 saturated carbocycles. The Hall–Kier alpha value is -2.57. The third kappa shape index (κ3) is 6.21. The van der Waals surface area contributed by atoms with Crippen LogP contribution in [0.1, 0.15) is 23.6 Å². The normalized spacial score (nSPS) is 11.8. The zero-order valence-electron chi connectivity index (χ0n) is 17.5. The SMILES string of the molecule is COc1ccc(Cl)cc1CN(C)[C@H](C)C(=O)NCC(=O)Nc1c(C)cccc1C. The molecule has 29 heavy (non-hydrogen) atoms. The largest absolute Gasteiger partial charge is 0.496 e. The van der Waals surface area contributed by atoms with E-state index in [-0.39, 0.29) is 18.4 Å². The highest BCUT2D eigenvalue weighted by Crippen LogP contribution is 2.24. The number of benzene rings is 2. The van der Waals surface area contributed by atoms with Crippen LogP contribution >= 0.6 is 11.6 Å². The molecule has 0 saturated heterocycles. The summed E-state index contributed by atoms with van der Waals surface area (Å²) in [7, 11) is 3.43. The van der Waals surface area contributed by atoms with Gasteiger partial charge in [0.05, 0.1) is 19.7 Å². The Morgan fingerprint density at radius 3 is 2.45 bits per heavy atom. The summed E-state index contributed by atoms with van der Waals surface area (Å²) in [6, 6.07) is 10.7. The Morgan fingerprint density at radius 1 is 1.17 bits per heavy atom. The molecule has 7 heteroatoms. The number of halogens is 1. The first kappa shape index (κ1) is 22.7. The lowest BCUT2D eigenvalue weighted by Crippen LogP contribution is -2.45. The van der Waals surface area contributed by atoms with Crippen LogP contribution in [0.25, 0.3) is 0 Å². The van der Waals surface area contributed by atoms with E-state index in [0.717, 1.165) is 22.4 Å². The van der Waals surface area contributed by atoms with Crippen LogP contribution < -0.4 is 15.4 Å². The van der Waals surface area contributed by atoms with E-state index in [9.17, 15) is 9.59 Å². The maximum Gasteiger partial charge on any atom is 0.243 e. The molecule has 0 aliphatic carbocycles. The third-order valence-corrected chi connectivity index (χ3v) is 5.11. The molecule has 0 fully saturated rings. The van der Waals surface area contributed by atoms with Gasteiger partial charge < -0.3 is 15.4 Å². The molecule has 2 amide bonds. The number of hydrogen-bond acceptors (Lipinski definition) is 4. The maximum atomic E-state index is 12.5. The van der Waals surface area contributed by atoms with Crippen LogP contribution in [-0.2, 0) is 16.1 Å². The summed E-state index contributed by atoms with van der Waals surface area (Å²) in [4.78, 5) is 26.6. The number of nitrogens with one attached hydrogen (secondary N) is 2. The summed E-state index contributed by atoms with van der Waals surface area (Å²) in [5.74, 6) is 0.217. The Balaban J connectivity index is 1.91. The average molecular weight is 418 g/mol. The van der Waals surface area contributed by atoms with Crippen LogP contribution in [0.3, 0.4) is 0 Å². The van der Waals surface area contributed by atoms with E-state index >= 15 is 0 Å². The highest BCUT2D eigenvalue weighted by atomic mass is 35.5. The molecule has 0 aliphatic rings. The molecule has 2 aromatic rings. The second kappa shape index (κ2) is 10.3. The smallest absolute Gasteiger partial charge is 0.243 e. The molecule has 6 nitrogen and oxygen atoms in total. The van der Waals surface area contributed by atoms with Crippen molar-refractivity contribution in [2.75, 3.05) is 26.0 Å². The number of methoxy groups -OCH3 is 1. The van der Waals surface area contributed by atoms with E-state index in [0.29, 0.717) is 17.3 Å². The Bertz CT molecular complexity index is 865. The van der Waals surface area contributed by atoms with Crippen molar-refractivity contribution in [3.05, 3.63) is 58.1 Å². The first-order valence-corrected chi connectivity index (χ1v) is 9.77. The number of rotatable bonds is 8. The number of carbonyl (C=O) groups is 2. The molecular weight excluding hydrogens is 390 g/mol. The number of nitrogens with zero attached hydrogens (tertiary/aromatic N) is 1. The summed E-state index contributed by atoms with van der Waals surface area (Å²) in [6.45, 7) is 6.04. The van der Waals surface area contributed by atoms with Crippen LogP contribution in [0.2, 0.25) is 5.02 Å². The number of likely N-dealkylation sites (N-methyl/N-ethyl adjacent to an activating group) is 1. The van der Waals surface area contributed by atoms with E-state index in [1.807, 2.05) is 50.1 Å². The van der Waals surface area contributed by atoms with Gasteiger partial charge in [0, 0.05) is 22.8 Å².